The normalized spacial score (nSPS) is 12.8. The van der Waals surface area contributed by atoms with Crippen molar-refractivity contribution in [2.24, 2.45) is 0 Å². The summed E-state index contributed by atoms with van der Waals surface area (Å²) in [5, 5.41) is 6.92. The molecule has 0 fully saturated rings. The zero-order valence-corrected chi connectivity index (χ0v) is 11.9. The van der Waals surface area contributed by atoms with E-state index in [4.69, 9.17) is 5.73 Å². The first kappa shape index (κ1) is 14.5. The van der Waals surface area contributed by atoms with Crippen molar-refractivity contribution in [2.45, 2.75) is 52.5 Å². The van der Waals surface area contributed by atoms with Gasteiger partial charge < -0.3 is 10.6 Å². The van der Waals surface area contributed by atoms with E-state index < -0.39 is 0 Å². The number of rotatable bonds is 5. The number of hydrogen-bond acceptors (Lipinski definition) is 3. The average molecular weight is 252 g/mol. The maximum atomic E-state index is 12.3. The third-order valence-corrected chi connectivity index (χ3v) is 3.30. The van der Waals surface area contributed by atoms with Gasteiger partial charge in [-0.1, -0.05) is 27.2 Å². The molecule has 0 spiro atoms. The highest BCUT2D eigenvalue weighted by molar-refractivity contribution is 5.97. The second kappa shape index (κ2) is 5.89. The molecule has 0 saturated heterocycles. The number of nitrogens with one attached hydrogen (secondary N) is 1. The molecule has 0 aliphatic heterocycles. The molecule has 3 N–H and O–H groups in total. The molecule has 1 atom stereocenters. The molecule has 5 heteroatoms. The quantitative estimate of drug-likeness (QED) is 0.844. The predicted octanol–water partition coefficient (Wildman–Crippen LogP) is 2.38. The molecule has 1 unspecified atom stereocenters. The highest BCUT2D eigenvalue weighted by Gasteiger charge is 2.24. The maximum Gasteiger partial charge on any atom is 0.276 e. The fraction of sp³-hybridized carbons (Fsp3) is 0.692. The van der Waals surface area contributed by atoms with Crippen LogP contribution in [0.5, 0.6) is 0 Å². The highest BCUT2D eigenvalue weighted by atomic mass is 16.2. The van der Waals surface area contributed by atoms with Gasteiger partial charge in [-0.05, 0) is 19.3 Å². The maximum absolute atomic E-state index is 12.3. The summed E-state index contributed by atoms with van der Waals surface area (Å²) in [7, 11) is 1.80. The van der Waals surface area contributed by atoms with Crippen LogP contribution in [-0.2, 0) is 0 Å². The van der Waals surface area contributed by atoms with Gasteiger partial charge in [0.05, 0.1) is 11.4 Å². The van der Waals surface area contributed by atoms with Gasteiger partial charge in [-0.25, -0.2) is 0 Å². The molecule has 0 saturated carbocycles. The van der Waals surface area contributed by atoms with Crippen molar-refractivity contribution in [2.75, 3.05) is 12.8 Å². The lowest BCUT2D eigenvalue weighted by Gasteiger charge is -2.23. The molecule has 102 valence electrons. The van der Waals surface area contributed by atoms with Gasteiger partial charge in [-0.15, -0.1) is 0 Å². The Bertz CT molecular complexity index is 411. The van der Waals surface area contributed by atoms with Crippen molar-refractivity contribution >= 4 is 11.6 Å². The Kier molecular flexibility index (Phi) is 4.76. The lowest BCUT2D eigenvalue weighted by molar-refractivity contribution is 0.0732. The van der Waals surface area contributed by atoms with Gasteiger partial charge in [0.25, 0.3) is 5.91 Å². The number of carbonyl (C=O) groups is 1. The van der Waals surface area contributed by atoms with E-state index in [-0.39, 0.29) is 17.9 Å². The second-order valence-corrected chi connectivity index (χ2v) is 5.11. The Morgan fingerprint density at radius 3 is 2.50 bits per heavy atom. The predicted molar refractivity (Wildman–Crippen MR) is 73.6 cm³/mol. The van der Waals surface area contributed by atoms with Crippen LogP contribution in [0.15, 0.2) is 0 Å². The molecule has 1 aromatic rings. The molecule has 1 aromatic heterocycles. The molecule has 0 aromatic carbocycles. The van der Waals surface area contributed by atoms with Crippen molar-refractivity contribution < 1.29 is 4.79 Å². The molecule has 0 aliphatic carbocycles. The van der Waals surface area contributed by atoms with E-state index in [9.17, 15) is 4.79 Å². The fourth-order valence-corrected chi connectivity index (χ4v) is 1.95. The Morgan fingerprint density at radius 2 is 2.06 bits per heavy atom. The first-order valence-electron chi connectivity index (χ1n) is 6.51. The Hall–Kier alpha value is -1.52. The Morgan fingerprint density at radius 1 is 1.44 bits per heavy atom. The summed E-state index contributed by atoms with van der Waals surface area (Å²) in [4.78, 5) is 14.0. The van der Waals surface area contributed by atoms with Crippen LogP contribution in [0.4, 0.5) is 5.69 Å². The van der Waals surface area contributed by atoms with Crippen LogP contribution in [0.1, 0.15) is 62.6 Å². The number of carbonyl (C=O) groups excluding carboxylic acids is 1. The lowest BCUT2D eigenvalue weighted by atomic mass is 10.1. The number of nitrogen functional groups attached to an aromatic ring is 1. The van der Waals surface area contributed by atoms with Gasteiger partial charge in [-0.3, -0.25) is 9.89 Å². The van der Waals surface area contributed by atoms with E-state index in [1.165, 1.54) is 0 Å². The highest BCUT2D eigenvalue weighted by Crippen LogP contribution is 2.23. The second-order valence-electron chi connectivity index (χ2n) is 5.11. The molecule has 1 heterocycles. The molecule has 18 heavy (non-hydrogen) atoms. The molecule has 0 aliphatic rings. The topological polar surface area (TPSA) is 75.0 Å². The van der Waals surface area contributed by atoms with E-state index in [1.807, 2.05) is 20.8 Å². The summed E-state index contributed by atoms with van der Waals surface area (Å²) in [6.07, 6.45) is 2.02. The summed E-state index contributed by atoms with van der Waals surface area (Å²) in [6, 6.07) is 0.195. The van der Waals surface area contributed by atoms with Gasteiger partial charge in [0.15, 0.2) is 5.69 Å². The van der Waals surface area contributed by atoms with Gasteiger partial charge >= 0.3 is 0 Å². The number of H-pyrrole nitrogens is 1. The number of amides is 1. The van der Waals surface area contributed by atoms with Crippen LogP contribution < -0.4 is 5.73 Å². The largest absolute Gasteiger partial charge is 0.395 e. The van der Waals surface area contributed by atoms with E-state index in [2.05, 4.69) is 17.1 Å². The van der Waals surface area contributed by atoms with Gasteiger partial charge in [0.1, 0.15) is 0 Å². The first-order chi connectivity index (χ1) is 8.40. The number of aromatic amines is 1. The molecule has 5 nitrogen and oxygen atoms in total. The van der Waals surface area contributed by atoms with Crippen molar-refractivity contribution in [1.82, 2.24) is 15.1 Å². The molecule has 1 rings (SSSR count). The summed E-state index contributed by atoms with van der Waals surface area (Å²) in [5.41, 5.74) is 7.62. The van der Waals surface area contributed by atoms with Crippen LogP contribution in [0.3, 0.4) is 0 Å². The smallest absolute Gasteiger partial charge is 0.276 e. The summed E-state index contributed by atoms with van der Waals surface area (Å²) < 4.78 is 0. The minimum Gasteiger partial charge on any atom is -0.395 e. The van der Waals surface area contributed by atoms with Gasteiger partial charge in [0, 0.05) is 13.1 Å². The van der Waals surface area contributed by atoms with E-state index in [0.717, 1.165) is 18.5 Å². The zero-order valence-electron chi connectivity index (χ0n) is 11.9. The zero-order chi connectivity index (χ0) is 13.9. The van der Waals surface area contributed by atoms with Crippen LogP contribution >= 0.6 is 0 Å². The number of anilines is 1. The van der Waals surface area contributed by atoms with E-state index in [1.54, 1.807) is 11.9 Å². The van der Waals surface area contributed by atoms with Crippen molar-refractivity contribution in [1.29, 1.82) is 0 Å². The molecule has 1 amide bonds. The number of nitrogens with zero attached hydrogens (tertiary/aromatic N) is 2. The van der Waals surface area contributed by atoms with Gasteiger partial charge in [-0.2, -0.15) is 5.10 Å². The third-order valence-electron chi connectivity index (χ3n) is 3.30. The fourth-order valence-electron chi connectivity index (χ4n) is 1.95. The van der Waals surface area contributed by atoms with Crippen LogP contribution in [0, 0.1) is 0 Å². The number of aromatic nitrogens is 2. The number of hydrogen-bond donors (Lipinski definition) is 2. The van der Waals surface area contributed by atoms with Crippen molar-refractivity contribution in [3.05, 3.63) is 11.4 Å². The summed E-state index contributed by atoms with van der Waals surface area (Å²) >= 11 is 0. The SMILES string of the molecule is CCCC(C)N(C)C(=O)c1n[nH]c(C(C)C)c1N. The lowest BCUT2D eigenvalue weighted by Crippen LogP contribution is -2.35. The molecule has 0 bridgehead atoms. The standard InChI is InChI=1S/C13H24N4O/c1-6-7-9(4)17(5)13(18)12-10(14)11(8(2)3)15-16-12/h8-9H,6-7,14H2,1-5H3,(H,15,16). The average Bonchev–Trinajstić information content (AvgIpc) is 2.69. The van der Waals surface area contributed by atoms with Gasteiger partial charge in [0.2, 0.25) is 0 Å². The molecule has 0 radical (unpaired) electrons. The van der Waals surface area contributed by atoms with E-state index in [0.29, 0.717) is 11.4 Å². The molecular formula is C13H24N4O. The minimum absolute atomic E-state index is 0.114. The van der Waals surface area contributed by atoms with Crippen LogP contribution in [-0.4, -0.2) is 34.1 Å². The first-order valence-corrected chi connectivity index (χ1v) is 6.51. The van der Waals surface area contributed by atoms with E-state index >= 15 is 0 Å². The summed E-state index contributed by atoms with van der Waals surface area (Å²) in [6.45, 7) is 8.17. The minimum atomic E-state index is -0.114. The molecular weight excluding hydrogens is 228 g/mol. The van der Waals surface area contributed by atoms with Crippen molar-refractivity contribution in [3.8, 4) is 0 Å². The Labute approximate surface area is 109 Å². The van der Waals surface area contributed by atoms with Crippen molar-refractivity contribution in [3.63, 3.8) is 0 Å². The van der Waals surface area contributed by atoms with Crippen LogP contribution in [0.25, 0.3) is 0 Å². The summed E-state index contributed by atoms with van der Waals surface area (Å²) in [5.74, 6) is 0.119. The number of nitrogens with two attached hydrogens (primary N) is 1. The Balaban J connectivity index is 2.90. The monoisotopic (exact) mass is 252 g/mol. The van der Waals surface area contributed by atoms with Crippen LogP contribution in [0.2, 0.25) is 0 Å². The third kappa shape index (κ3) is 2.83.